The minimum absolute atomic E-state index is 0.0297. The second-order valence-corrected chi connectivity index (χ2v) is 7.37. The maximum Gasteiger partial charge on any atom is 0.251 e. The molecule has 0 saturated carbocycles. The molecule has 2 amide bonds. The standard InChI is InChI=1S/C21H19ClN4O2/c1-12-3-6-14(7-4-12)15-11-23-26-18(21(28)25-20(15)26)10-19(27)24-17-8-5-13(2)9-16(17)22/h3-9,11,18H,10H2,1-2H3,(H,24,27)(H,25,28). The topological polar surface area (TPSA) is 76.0 Å². The normalized spacial score (nSPS) is 15.2. The van der Waals surface area contributed by atoms with Gasteiger partial charge in [0.1, 0.15) is 11.9 Å². The van der Waals surface area contributed by atoms with Gasteiger partial charge in [-0.25, -0.2) is 4.68 Å². The molecule has 4 rings (SSSR count). The summed E-state index contributed by atoms with van der Waals surface area (Å²) in [7, 11) is 0. The molecule has 1 aromatic heterocycles. The molecule has 28 heavy (non-hydrogen) atoms. The third-order valence-electron chi connectivity index (χ3n) is 4.77. The van der Waals surface area contributed by atoms with Crippen molar-refractivity contribution in [1.29, 1.82) is 0 Å². The predicted molar refractivity (Wildman–Crippen MR) is 110 cm³/mol. The summed E-state index contributed by atoms with van der Waals surface area (Å²) in [6.45, 7) is 3.94. The number of nitrogens with zero attached hydrogens (tertiary/aromatic N) is 2. The number of benzene rings is 2. The van der Waals surface area contributed by atoms with E-state index in [0.29, 0.717) is 16.5 Å². The summed E-state index contributed by atoms with van der Waals surface area (Å²) in [5, 5.41) is 10.4. The molecule has 0 saturated heterocycles. The fraction of sp³-hybridized carbons (Fsp3) is 0.190. The third kappa shape index (κ3) is 3.39. The Kier molecular flexibility index (Phi) is 4.65. The van der Waals surface area contributed by atoms with E-state index in [1.54, 1.807) is 23.0 Å². The average molecular weight is 395 g/mol. The van der Waals surface area contributed by atoms with E-state index >= 15 is 0 Å². The lowest BCUT2D eigenvalue weighted by molar-refractivity contribution is -0.123. The molecule has 1 aliphatic rings. The van der Waals surface area contributed by atoms with Crippen molar-refractivity contribution in [2.45, 2.75) is 26.3 Å². The fourth-order valence-corrected chi connectivity index (χ4v) is 3.54. The second kappa shape index (κ2) is 7.13. The zero-order valence-corrected chi connectivity index (χ0v) is 16.2. The summed E-state index contributed by atoms with van der Waals surface area (Å²) < 4.78 is 1.58. The first kappa shape index (κ1) is 18.3. The first-order valence-corrected chi connectivity index (χ1v) is 9.31. The number of aromatic nitrogens is 2. The molecule has 0 aliphatic carbocycles. The number of carbonyl (C=O) groups is 2. The molecule has 142 valence electrons. The van der Waals surface area contributed by atoms with Crippen molar-refractivity contribution in [3.63, 3.8) is 0 Å². The zero-order chi connectivity index (χ0) is 19.8. The van der Waals surface area contributed by atoms with Crippen LogP contribution in [-0.2, 0) is 9.59 Å². The molecule has 1 atom stereocenters. The van der Waals surface area contributed by atoms with Gasteiger partial charge in [0.2, 0.25) is 5.91 Å². The minimum atomic E-state index is -0.696. The fourth-order valence-electron chi connectivity index (χ4n) is 3.26. The highest BCUT2D eigenvalue weighted by Crippen LogP contribution is 2.36. The van der Waals surface area contributed by atoms with E-state index in [2.05, 4.69) is 15.7 Å². The van der Waals surface area contributed by atoms with Crippen LogP contribution < -0.4 is 10.6 Å². The number of anilines is 2. The molecular formula is C21H19ClN4O2. The number of amides is 2. The first-order chi connectivity index (χ1) is 13.4. The molecular weight excluding hydrogens is 376 g/mol. The van der Waals surface area contributed by atoms with E-state index < -0.39 is 6.04 Å². The molecule has 3 aromatic rings. The van der Waals surface area contributed by atoms with E-state index in [1.807, 2.05) is 44.2 Å². The van der Waals surface area contributed by atoms with Crippen LogP contribution in [0.15, 0.2) is 48.7 Å². The number of hydrogen-bond acceptors (Lipinski definition) is 3. The first-order valence-electron chi connectivity index (χ1n) is 8.94. The van der Waals surface area contributed by atoms with Gasteiger partial charge in [-0.15, -0.1) is 0 Å². The molecule has 0 fully saturated rings. The summed E-state index contributed by atoms with van der Waals surface area (Å²) >= 11 is 6.17. The predicted octanol–water partition coefficient (Wildman–Crippen LogP) is 4.34. The van der Waals surface area contributed by atoms with Crippen molar-refractivity contribution in [2.75, 3.05) is 10.6 Å². The highest BCUT2D eigenvalue weighted by atomic mass is 35.5. The van der Waals surface area contributed by atoms with Gasteiger partial charge in [-0.1, -0.05) is 47.5 Å². The third-order valence-corrected chi connectivity index (χ3v) is 5.09. The zero-order valence-electron chi connectivity index (χ0n) is 15.5. The van der Waals surface area contributed by atoms with Crippen LogP contribution in [-0.4, -0.2) is 21.6 Å². The number of aryl methyl sites for hydroxylation is 2. The molecule has 2 N–H and O–H groups in total. The Morgan fingerprint density at radius 2 is 1.89 bits per heavy atom. The van der Waals surface area contributed by atoms with Gasteiger partial charge in [0.25, 0.3) is 5.91 Å². The van der Waals surface area contributed by atoms with Crippen molar-refractivity contribution in [2.24, 2.45) is 0 Å². The number of rotatable bonds is 4. The Labute approximate surface area is 167 Å². The summed E-state index contributed by atoms with van der Waals surface area (Å²) in [6.07, 6.45) is 1.68. The summed E-state index contributed by atoms with van der Waals surface area (Å²) in [5.74, 6) is 0.0628. The summed E-state index contributed by atoms with van der Waals surface area (Å²) in [5.41, 5.74) is 4.47. The molecule has 2 heterocycles. The maximum absolute atomic E-state index is 12.5. The van der Waals surface area contributed by atoms with Gasteiger partial charge >= 0.3 is 0 Å². The van der Waals surface area contributed by atoms with E-state index in [-0.39, 0.29) is 18.2 Å². The highest BCUT2D eigenvalue weighted by Gasteiger charge is 2.35. The van der Waals surface area contributed by atoms with E-state index in [0.717, 1.165) is 22.3 Å². The largest absolute Gasteiger partial charge is 0.325 e. The number of hydrogen-bond donors (Lipinski definition) is 2. The van der Waals surface area contributed by atoms with Crippen LogP contribution in [0.4, 0.5) is 11.5 Å². The number of halogens is 1. The average Bonchev–Trinajstić information content (AvgIpc) is 3.18. The van der Waals surface area contributed by atoms with Crippen molar-refractivity contribution in [3.05, 3.63) is 64.8 Å². The molecule has 0 bridgehead atoms. The van der Waals surface area contributed by atoms with Crippen molar-refractivity contribution >= 4 is 34.9 Å². The van der Waals surface area contributed by atoms with Gasteiger partial charge in [0.15, 0.2) is 0 Å². The monoisotopic (exact) mass is 394 g/mol. The van der Waals surface area contributed by atoms with Gasteiger partial charge in [-0.2, -0.15) is 5.10 Å². The Hall–Kier alpha value is -3.12. The van der Waals surface area contributed by atoms with Crippen LogP contribution in [0.1, 0.15) is 23.6 Å². The molecule has 1 aliphatic heterocycles. The Bertz CT molecular complexity index is 1070. The SMILES string of the molecule is Cc1ccc(-c2cnn3c2NC(=O)C3CC(=O)Nc2ccc(C)cc2Cl)cc1. The van der Waals surface area contributed by atoms with E-state index in [1.165, 1.54) is 0 Å². The molecule has 7 heteroatoms. The Morgan fingerprint density at radius 3 is 2.61 bits per heavy atom. The second-order valence-electron chi connectivity index (χ2n) is 6.96. The minimum Gasteiger partial charge on any atom is -0.325 e. The lowest BCUT2D eigenvalue weighted by Gasteiger charge is -2.11. The van der Waals surface area contributed by atoms with Crippen molar-refractivity contribution in [3.8, 4) is 11.1 Å². The van der Waals surface area contributed by atoms with Gasteiger partial charge < -0.3 is 10.6 Å². The lowest BCUT2D eigenvalue weighted by Crippen LogP contribution is -2.23. The van der Waals surface area contributed by atoms with Gasteiger partial charge in [-0.3, -0.25) is 9.59 Å². The summed E-state index contributed by atoms with van der Waals surface area (Å²) in [6, 6.07) is 12.7. The van der Waals surface area contributed by atoms with Gasteiger partial charge in [-0.05, 0) is 37.1 Å². The van der Waals surface area contributed by atoms with Crippen LogP contribution in [0.5, 0.6) is 0 Å². The molecule has 0 spiro atoms. The highest BCUT2D eigenvalue weighted by molar-refractivity contribution is 6.33. The van der Waals surface area contributed by atoms with E-state index in [9.17, 15) is 9.59 Å². The van der Waals surface area contributed by atoms with Crippen LogP contribution in [0.3, 0.4) is 0 Å². The van der Waals surface area contributed by atoms with Crippen LogP contribution in [0.2, 0.25) is 5.02 Å². The van der Waals surface area contributed by atoms with Crippen LogP contribution in [0.25, 0.3) is 11.1 Å². The molecule has 6 nitrogen and oxygen atoms in total. The number of nitrogens with one attached hydrogen (secondary N) is 2. The van der Waals surface area contributed by atoms with Gasteiger partial charge in [0, 0.05) is 5.56 Å². The Morgan fingerprint density at radius 1 is 1.18 bits per heavy atom. The number of fused-ring (bicyclic) bond motifs is 1. The molecule has 2 aromatic carbocycles. The van der Waals surface area contributed by atoms with Crippen LogP contribution >= 0.6 is 11.6 Å². The molecule has 1 unspecified atom stereocenters. The molecule has 0 radical (unpaired) electrons. The number of carbonyl (C=O) groups excluding carboxylic acids is 2. The lowest BCUT2D eigenvalue weighted by atomic mass is 10.1. The summed E-state index contributed by atoms with van der Waals surface area (Å²) in [4.78, 5) is 24.9. The quantitative estimate of drug-likeness (QED) is 0.691. The maximum atomic E-state index is 12.5. The Balaban J connectivity index is 1.53. The van der Waals surface area contributed by atoms with Crippen molar-refractivity contribution in [1.82, 2.24) is 9.78 Å². The van der Waals surface area contributed by atoms with Crippen LogP contribution in [0, 0.1) is 13.8 Å². The van der Waals surface area contributed by atoms with E-state index in [4.69, 9.17) is 11.6 Å². The van der Waals surface area contributed by atoms with Gasteiger partial charge in [0.05, 0.1) is 23.3 Å². The smallest absolute Gasteiger partial charge is 0.251 e. The van der Waals surface area contributed by atoms with Crippen molar-refractivity contribution < 1.29 is 9.59 Å².